The van der Waals surface area contributed by atoms with Crippen molar-refractivity contribution in [1.29, 1.82) is 0 Å². The van der Waals surface area contributed by atoms with Crippen molar-refractivity contribution in [1.82, 2.24) is 14.6 Å². The first-order valence-corrected chi connectivity index (χ1v) is 16.4. The van der Waals surface area contributed by atoms with E-state index in [-0.39, 0.29) is 19.8 Å². The number of nitrogens with zero attached hydrogens (tertiary/aromatic N) is 2. The van der Waals surface area contributed by atoms with Gasteiger partial charge in [-0.1, -0.05) is 68.4 Å². The smallest absolute Gasteiger partial charge is 0.330 e. The number of hydrogen-bond donors (Lipinski definition) is 2. The molecule has 12 nitrogen and oxygen atoms in total. The minimum atomic E-state index is -1.21. The molecule has 2 N–H and O–H groups in total. The minimum absolute atomic E-state index is 0.0997. The first kappa shape index (κ1) is 36.0. The van der Waals surface area contributed by atoms with Gasteiger partial charge in [0.2, 0.25) is 0 Å². The summed E-state index contributed by atoms with van der Waals surface area (Å²) in [6.07, 6.45) is -2.78. The zero-order valence-electron chi connectivity index (χ0n) is 28.5. The average molecular weight is 676 g/mol. The molecule has 3 aromatic carbocycles. The molecule has 1 fully saturated rings. The lowest BCUT2D eigenvalue weighted by molar-refractivity contribution is -0.174. The monoisotopic (exact) mass is 675 g/mol. The molecule has 0 unspecified atom stereocenters. The van der Waals surface area contributed by atoms with Crippen molar-refractivity contribution >= 4 is 0 Å². The summed E-state index contributed by atoms with van der Waals surface area (Å²) in [6, 6.07) is 25.0. The van der Waals surface area contributed by atoms with Crippen molar-refractivity contribution in [2.24, 2.45) is 0 Å². The molecule has 0 spiro atoms. The Morgan fingerprint density at radius 1 is 0.857 bits per heavy atom. The van der Waals surface area contributed by atoms with Gasteiger partial charge in [-0.25, -0.2) is 4.79 Å². The molecule has 0 saturated carbocycles. The van der Waals surface area contributed by atoms with Crippen LogP contribution in [0.2, 0.25) is 0 Å². The summed E-state index contributed by atoms with van der Waals surface area (Å²) in [5, 5.41) is 13.5. The van der Waals surface area contributed by atoms with Crippen molar-refractivity contribution in [2.45, 2.75) is 50.9 Å². The molecule has 262 valence electrons. The van der Waals surface area contributed by atoms with Crippen LogP contribution in [0, 0.1) is 6.92 Å². The Labute approximate surface area is 285 Å². The highest BCUT2D eigenvalue weighted by atomic mass is 16.7. The lowest BCUT2D eigenvalue weighted by Gasteiger charge is -2.37. The first-order chi connectivity index (χ1) is 23.7. The number of aromatic amines is 1. The lowest BCUT2D eigenvalue weighted by atomic mass is 9.80. The standard InChI is InChI=1S/C37H45N3O9/c1-6-39(7-2)48-22-21-46-33-32(41)31(49-35(33)40-23-25(3)34(42)38-36(40)43)24-47-37(26-11-9-8-10-12-26,27-13-17-29(44-4)18-14-27)28-15-19-30(45-5)20-16-28/h8-20,23,31-33,35,41H,6-7,21-22,24H2,1-5H3,(H,38,42,43)/t31-,32-,33-,35-/m1/s1. The fourth-order valence-electron chi connectivity index (χ4n) is 6.07. The largest absolute Gasteiger partial charge is 0.497 e. The second kappa shape index (κ2) is 16.4. The Balaban J connectivity index is 1.52. The summed E-state index contributed by atoms with van der Waals surface area (Å²) in [5.74, 6) is 1.37. The van der Waals surface area contributed by atoms with Crippen LogP contribution >= 0.6 is 0 Å². The molecule has 5 rings (SSSR count). The fourth-order valence-corrected chi connectivity index (χ4v) is 6.07. The molecule has 12 heteroatoms. The Kier molecular flexibility index (Phi) is 12.0. The minimum Gasteiger partial charge on any atom is -0.497 e. The summed E-state index contributed by atoms with van der Waals surface area (Å²) in [5.41, 5.74) is 0.408. The number of hydrogen-bond acceptors (Lipinski definition) is 10. The number of benzene rings is 3. The number of ether oxygens (including phenoxy) is 5. The van der Waals surface area contributed by atoms with Crippen LogP contribution < -0.4 is 20.7 Å². The molecule has 4 aromatic rings. The van der Waals surface area contributed by atoms with Crippen LogP contribution in [0.1, 0.15) is 42.3 Å². The number of methoxy groups -OCH3 is 2. The molecule has 0 aliphatic carbocycles. The highest BCUT2D eigenvalue weighted by Gasteiger charge is 2.48. The van der Waals surface area contributed by atoms with E-state index in [2.05, 4.69) is 4.98 Å². The number of nitrogens with one attached hydrogen (secondary N) is 1. The van der Waals surface area contributed by atoms with Gasteiger partial charge < -0.3 is 28.8 Å². The van der Waals surface area contributed by atoms with E-state index >= 15 is 0 Å². The second-order valence-electron chi connectivity index (χ2n) is 11.6. The van der Waals surface area contributed by atoms with E-state index in [0.717, 1.165) is 16.7 Å². The van der Waals surface area contributed by atoms with Crippen molar-refractivity contribution in [2.75, 3.05) is 47.1 Å². The number of aliphatic hydroxyl groups excluding tert-OH is 1. The van der Waals surface area contributed by atoms with E-state index in [4.69, 9.17) is 28.5 Å². The van der Waals surface area contributed by atoms with Crippen molar-refractivity contribution in [3.05, 3.63) is 128 Å². The maximum absolute atomic E-state index is 13.0. The van der Waals surface area contributed by atoms with Crippen LogP contribution in [0.3, 0.4) is 0 Å². The molecule has 0 radical (unpaired) electrons. The van der Waals surface area contributed by atoms with Crippen LogP contribution in [0.4, 0.5) is 0 Å². The molecule has 49 heavy (non-hydrogen) atoms. The summed E-state index contributed by atoms with van der Waals surface area (Å²) >= 11 is 0. The van der Waals surface area contributed by atoms with Gasteiger partial charge in [0.15, 0.2) is 6.23 Å². The number of rotatable bonds is 16. The van der Waals surface area contributed by atoms with E-state index in [9.17, 15) is 14.7 Å². The Bertz CT molecular complexity index is 1690. The van der Waals surface area contributed by atoms with Crippen molar-refractivity contribution in [3.8, 4) is 11.5 Å². The Hall–Kier alpha value is -4.30. The number of hydroxylamine groups is 2. The van der Waals surface area contributed by atoms with E-state index < -0.39 is 41.4 Å². The Morgan fingerprint density at radius 3 is 1.98 bits per heavy atom. The first-order valence-electron chi connectivity index (χ1n) is 16.4. The van der Waals surface area contributed by atoms with Crippen molar-refractivity contribution < 1.29 is 33.6 Å². The average Bonchev–Trinajstić information content (AvgIpc) is 3.45. The van der Waals surface area contributed by atoms with Crippen LogP contribution in [0.5, 0.6) is 11.5 Å². The van der Waals surface area contributed by atoms with Gasteiger partial charge in [0.05, 0.1) is 34.0 Å². The summed E-state index contributed by atoms with van der Waals surface area (Å²) in [4.78, 5) is 33.3. The molecule has 4 atom stereocenters. The van der Waals surface area contributed by atoms with E-state index in [0.29, 0.717) is 30.2 Å². The molecule has 1 saturated heterocycles. The third-order valence-electron chi connectivity index (χ3n) is 8.74. The van der Waals surface area contributed by atoms with Crippen molar-refractivity contribution in [3.63, 3.8) is 0 Å². The molecule has 1 aliphatic heterocycles. The highest BCUT2D eigenvalue weighted by molar-refractivity contribution is 5.49. The number of aromatic nitrogens is 2. The van der Waals surface area contributed by atoms with Gasteiger partial charge in [-0.05, 0) is 47.9 Å². The quantitative estimate of drug-likeness (QED) is 0.103. The van der Waals surface area contributed by atoms with Gasteiger partial charge in [-0.15, -0.1) is 0 Å². The van der Waals surface area contributed by atoms with Crippen LogP contribution in [-0.2, 0) is 24.6 Å². The van der Waals surface area contributed by atoms with Gasteiger partial charge in [0.25, 0.3) is 5.56 Å². The molecular weight excluding hydrogens is 630 g/mol. The van der Waals surface area contributed by atoms with E-state index in [1.165, 1.54) is 10.8 Å². The zero-order valence-corrected chi connectivity index (χ0v) is 28.5. The molecular formula is C37H45N3O9. The normalized spacial score (nSPS) is 19.3. The SMILES string of the molecule is CCN(CC)OCCO[C@@H]1[C@H](O)[C@@H](COC(c2ccccc2)(c2ccc(OC)cc2)c2ccc(OC)cc2)O[C@H]1n1cc(C)c(=O)[nH]c1=O. The van der Waals surface area contributed by atoms with Gasteiger partial charge in [0, 0.05) is 24.8 Å². The van der Waals surface area contributed by atoms with E-state index in [1.807, 2.05) is 92.7 Å². The molecule has 1 aliphatic rings. The summed E-state index contributed by atoms with van der Waals surface area (Å²) in [6.45, 7) is 7.20. The predicted octanol–water partition coefficient (Wildman–Crippen LogP) is 3.79. The Morgan fingerprint density at radius 2 is 1.43 bits per heavy atom. The van der Waals surface area contributed by atoms with Gasteiger partial charge in [-0.3, -0.25) is 19.2 Å². The van der Waals surface area contributed by atoms with Gasteiger partial charge in [-0.2, -0.15) is 5.06 Å². The van der Waals surface area contributed by atoms with Crippen LogP contribution in [0.25, 0.3) is 0 Å². The molecule has 1 aromatic heterocycles. The number of H-pyrrole nitrogens is 1. The topological polar surface area (TPSA) is 134 Å². The predicted molar refractivity (Wildman–Crippen MR) is 183 cm³/mol. The molecule has 2 heterocycles. The van der Waals surface area contributed by atoms with Crippen LogP contribution in [-0.4, -0.2) is 85.2 Å². The third-order valence-corrected chi connectivity index (χ3v) is 8.74. The third kappa shape index (κ3) is 7.80. The summed E-state index contributed by atoms with van der Waals surface area (Å²) < 4.78 is 31.7. The number of aliphatic hydroxyl groups is 1. The highest BCUT2D eigenvalue weighted by Crippen LogP contribution is 2.43. The number of aryl methyl sites for hydroxylation is 1. The lowest BCUT2D eigenvalue weighted by Crippen LogP contribution is -2.41. The maximum Gasteiger partial charge on any atom is 0.330 e. The molecule has 0 amide bonds. The fraction of sp³-hybridized carbons (Fsp3) is 0.405. The zero-order chi connectivity index (χ0) is 35.0. The summed E-state index contributed by atoms with van der Waals surface area (Å²) in [7, 11) is 3.22. The van der Waals surface area contributed by atoms with Gasteiger partial charge >= 0.3 is 5.69 Å². The van der Waals surface area contributed by atoms with Crippen LogP contribution in [0.15, 0.2) is 94.6 Å². The van der Waals surface area contributed by atoms with E-state index in [1.54, 1.807) is 26.2 Å². The molecule has 0 bridgehead atoms. The van der Waals surface area contributed by atoms with Gasteiger partial charge in [0.1, 0.15) is 35.4 Å². The maximum atomic E-state index is 13.0. The second-order valence-corrected chi connectivity index (χ2v) is 11.6.